The Balaban J connectivity index is 1.71. The van der Waals surface area contributed by atoms with E-state index in [1.54, 1.807) is 31.5 Å². The number of pyridine rings is 3. The lowest BCUT2D eigenvalue weighted by Gasteiger charge is -2.30. The molecular formula is C29H39N5O5S. The van der Waals surface area contributed by atoms with E-state index in [0.29, 0.717) is 47.0 Å². The molecule has 4 rings (SSSR count). The third kappa shape index (κ3) is 6.52. The average Bonchev–Trinajstić information content (AvgIpc) is 2.82. The summed E-state index contributed by atoms with van der Waals surface area (Å²) in [5, 5.41) is 4.22. The number of fused-ring (bicyclic) bond motifs is 2. The summed E-state index contributed by atoms with van der Waals surface area (Å²) in [7, 11) is -3.19. The second-order valence-electron chi connectivity index (χ2n) is 11.7. The Labute approximate surface area is 236 Å². The first-order chi connectivity index (χ1) is 18.6. The summed E-state index contributed by atoms with van der Waals surface area (Å²) in [5.74, 6) is 1.08. The summed E-state index contributed by atoms with van der Waals surface area (Å²) in [4.78, 5) is 26.2. The number of nitrogens with zero attached hydrogens (tertiary/aromatic N) is 3. The van der Waals surface area contributed by atoms with Crippen LogP contribution in [0.5, 0.6) is 5.88 Å². The van der Waals surface area contributed by atoms with Crippen molar-refractivity contribution in [2.75, 3.05) is 11.6 Å². The Morgan fingerprint density at radius 2 is 1.90 bits per heavy atom. The summed E-state index contributed by atoms with van der Waals surface area (Å²) < 4.78 is 35.5. The third-order valence-electron chi connectivity index (χ3n) is 7.24. The van der Waals surface area contributed by atoms with Crippen molar-refractivity contribution in [3.05, 3.63) is 47.4 Å². The van der Waals surface area contributed by atoms with Gasteiger partial charge in [0.05, 0.1) is 28.0 Å². The van der Waals surface area contributed by atoms with Gasteiger partial charge in [0.15, 0.2) is 0 Å². The number of carbonyl (C=O) groups excluding carboxylic acids is 1. The predicted molar refractivity (Wildman–Crippen MR) is 156 cm³/mol. The minimum Gasteiger partial charge on any atom is -0.474 e. The number of anilines is 2. The zero-order chi connectivity index (χ0) is 29.5. The summed E-state index contributed by atoms with van der Waals surface area (Å²) >= 11 is 0. The smallest absolute Gasteiger partial charge is 0.340 e. The largest absolute Gasteiger partial charge is 0.474 e. The van der Waals surface area contributed by atoms with Crippen LogP contribution in [0.1, 0.15) is 82.4 Å². The van der Waals surface area contributed by atoms with Crippen molar-refractivity contribution in [1.29, 1.82) is 0 Å². The number of nitrogens with one attached hydrogen (secondary N) is 1. The van der Waals surface area contributed by atoms with Gasteiger partial charge in [0.25, 0.3) is 0 Å². The Kier molecular flexibility index (Phi) is 8.11. The molecule has 0 unspecified atom stereocenters. The first-order valence-electron chi connectivity index (χ1n) is 13.5. The molecule has 216 valence electrons. The molecule has 0 aliphatic carbocycles. The molecule has 4 heterocycles. The summed E-state index contributed by atoms with van der Waals surface area (Å²) in [6.45, 7) is 11.3. The van der Waals surface area contributed by atoms with Crippen molar-refractivity contribution >= 4 is 38.2 Å². The molecule has 0 fully saturated rings. The molecule has 40 heavy (non-hydrogen) atoms. The second kappa shape index (κ2) is 10.9. The summed E-state index contributed by atoms with van der Waals surface area (Å²) in [6, 6.07) is 5.33. The summed E-state index contributed by atoms with van der Waals surface area (Å²) in [5.41, 5.74) is 7.46. The molecule has 0 saturated heterocycles. The molecule has 0 bridgehead atoms. The fourth-order valence-electron chi connectivity index (χ4n) is 5.03. The van der Waals surface area contributed by atoms with Crippen LogP contribution in [0.3, 0.4) is 0 Å². The van der Waals surface area contributed by atoms with Gasteiger partial charge in [-0.1, -0.05) is 13.3 Å². The van der Waals surface area contributed by atoms with Gasteiger partial charge >= 0.3 is 5.97 Å². The second-order valence-corrected chi connectivity index (χ2v) is 14.2. The Morgan fingerprint density at radius 1 is 1.18 bits per heavy atom. The highest BCUT2D eigenvalue weighted by atomic mass is 32.2. The van der Waals surface area contributed by atoms with Crippen LogP contribution in [0.15, 0.2) is 30.6 Å². The number of hydrogen-bond acceptors (Lipinski definition) is 10. The van der Waals surface area contributed by atoms with Crippen LogP contribution in [-0.2, 0) is 26.5 Å². The molecule has 0 amide bonds. The van der Waals surface area contributed by atoms with Gasteiger partial charge in [-0.25, -0.2) is 28.2 Å². The van der Waals surface area contributed by atoms with Crippen LogP contribution in [0, 0.1) is 0 Å². The number of rotatable bonds is 10. The van der Waals surface area contributed by atoms with Gasteiger partial charge in [-0.2, -0.15) is 0 Å². The number of ether oxygens (including phenoxy) is 2. The average molecular weight is 570 g/mol. The monoisotopic (exact) mass is 569 g/mol. The van der Waals surface area contributed by atoms with Crippen molar-refractivity contribution in [1.82, 2.24) is 15.0 Å². The maximum absolute atomic E-state index is 12.4. The van der Waals surface area contributed by atoms with Crippen LogP contribution in [0.4, 0.5) is 11.6 Å². The van der Waals surface area contributed by atoms with E-state index in [1.165, 1.54) is 6.26 Å². The van der Waals surface area contributed by atoms with Crippen molar-refractivity contribution in [2.45, 2.75) is 89.7 Å². The van der Waals surface area contributed by atoms with E-state index in [1.807, 2.05) is 33.8 Å². The third-order valence-corrected chi connectivity index (χ3v) is 8.89. The highest BCUT2D eigenvalue weighted by Crippen LogP contribution is 2.36. The van der Waals surface area contributed by atoms with Crippen LogP contribution in [-0.4, -0.2) is 52.5 Å². The highest BCUT2D eigenvalue weighted by Gasteiger charge is 2.33. The van der Waals surface area contributed by atoms with Crippen molar-refractivity contribution in [3.63, 3.8) is 0 Å². The Bertz CT molecular complexity index is 1540. The number of nitrogens with two attached hydrogens (primary N) is 1. The lowest BCUT2D eigenvalue weighted by atomic mass is 9.87. The van der Waals surface area contributed by atoms with E-state index in [4.69, 9.17) is 15.2 Å². The van der Waals surface area contributed by atoms with Gasteiger partial charge in [0, 0.05) is 37.0 Å². The number of esters is 1. The highest BCUT2D eigenvalue weighted by molar-refractivity contribution is 7.91. The van der Waals surface area contributed by atoms with Crippen molar-refractivity contribution < 1.29 is 22.7 Å². The van der Waals surface area contributed by atoms with E-state index < -0.39 is 26.2 Å². The van der Waals surface area contributed by atoms with E-state index in [-0.39, 0.29) is 12.1 Å². The molecule has 3 aromatic rings. The number of aromatic nitrogens is 3. The van der Waals surface area contributed by atoms with Gasteiger partial charge in [-0.05, 0) is 70.2 Å². The zero-order valence-electron chi connectivity index (χ0n) is 24.2. The molecular weight excluding hydrogens is 530 g/mol. The molecule has 10 nitrogen and oxygen atoms in total. The molecule has 1 aliphatic heterocycles. The fourth-order valence-corrected chi connectivity index (χ4v) is 5.65. The predicted octanol–water partition coefficient (Wildman–Crippen LogP) is 4.82. The van der Waals surface area contributed by atoms with Gasteiger partial charge in [-0.3, -0.25) is 0 Å². The minimum atomic E-state index is -3.19. The fraction of sp³-hybridized carbons (Fsp3) is 0.517. The van der Waals surface area contributed by atoms with Gasteiger partial charge < -0.3 is 20.5 Å². The van der Waals surface area contributed by atoms with Gasteiger partial charge in [-0.15, -0.1) is 0 Å². The Morgan fingerprint density at radius 3 is 2.58 bits per heavy atom. The normalized spacial score (nSPS) is 17.9. The quantitative estimate of drug-likeness (QED) is 0.326. The molecule has 1 aliphatic rings. The van der Waals surface area contributed by atoms with Gasteiger partial charge in [0.1, 0.15) is 27.1 Å². The van der Waals surface area contributed by atoms with Crippen LogP contribution >= 0.6 is 0 Å². The standard InChI is InChI=1S/C29H39N5O5S/c1-8-11-29(6,30)22-16-32-26(38-17(2)12-18(3)40(7,36)37)21-15-31-25(13-20(21)22)34-24-10-9-19-23(33-24)14-28(4,5)39-27(19)35/h9-10,13,15-18H,8,11-12,14,30H2,1-7H3,(H,31,33,34)/t17-,18-,29-/m1/s1. The number of cyclic esters (lactones) is 1. The zero-order valence-corrected chi connectivity index (χ0v) is 25.1. The molecule has 3 N–H and O–H groups in total. The van der Waals surface area contributed by atoms with Crippen LogP contribution < -0.4 is 15.8 Å². The number of carbonyl (C=O) groups is 1. The van der Waals surface area contributed by atoms with E-state index in [0.717, 1.165) is 23.8 Å². The maximum atomic E-state index is 12.4. The van der Waals surface area contributed by atoms with E-state index in [9.17, 15) is 13.2 Å². The van der Waals surface area contributed by atoms with Gasteiger partial charge in [0.2, 0.25) is 5.88 Å². The number of sulfone groups is 1. The van der Waals surface area contributed by atoms with E-state index in [2.05, 4.69) is 27.2 Å². The molecule has 0 saturated carbocycles. The Hall–Kier alpha value is -3.31. The molecule has 0 spiro atoms. The summed E-state index contributed by atoms with van der Waals surface area (Å²) in [6.07, 6.45) is 6.72. The van der Waals surface area contributed by atoms with Crippen molar-refractivity contribution in [2.24, 2.45) is 5.73 Å². The molecule has 0 aromatic carbocycles. The SMILES string of the molecule is CCC[C@@](C)(N)c1cnc(O[C@H](C)C[C@@H](C)S(C)(=O)=O)c2cnc(Nc3ccc4c(n3)CC(C)(C)OC4=O)cc12. The lowest BCUT2D eigenvalue weighted by Crippen LogP contribution is -2.36. The minimum absolute atomic E-state index is 0.329. The molecule has 3 aromatic heterocycles. The molecule has 11 heteroatoms. The molecule has 0 radical (unpaired) electrons. The lowest BCUT2D eigenvalue weighted by molar-refractivity contribution is -0.00714. The van der Waals surface area contributed by atoms with Crippen molar-refractivity contribution in [3.8, 4) is 5.88 Å². The molecule has 3 atom stereocenters. The van der Waals surface area contributed by atoms with E-state index >= 15 is 0 Å². The topological polar surface area (TPSA) is 146 Å². The first-order valence-corrected chi connectivity index (χ1v) is 15.5. The first kappa shape index (κ1) is 29.7. The van der Waals surface area contributed by atoms with Crippen LogP contribution in [0.2, 0.25) is 0 Å². The number of hydrogen-bond donors (Lipinski definition) is 2. The maximum Gasteiger partial charge on any atom is 0.340 e. The van der Waals surface area contributed by atoms with Crippen LogP contribution in [0.25, 0.3) is 10.8 Å².